The summed E-state index contributed by atoms with van der Waals surface area (Å²) in [5.74, 6) is 2.04. The molecule has 1 aliphatic rings. The summed E-state index contributed by atoms with van der Waals surface area (Å²) in [6.45, 7) is 0. The molecule has 98 valence electrons. The Kier molecular flexibility index (Phi) is 4.01. The van der Waals surface area contributed by atoms with E-state index in [0.29, 0.717) is 11.1 Å². The average Bonchev–Trinajstić information content (AvgIpc) is 2.40. The largest absolute Gasteiger partial charge is 0.455 e. The molecule has 1 aliphatic heterocycles. The first-order valence-electron chi connectivity index (χ1n) is 5.87. The van der Waals surface area contributed by atoms with Gasteiger partial charge in [0.15, 0.2) is 0 Å². The summed E-state index contributed by atoms with van der Waals surface area (Å²) in [6.07, 6.45) is 2.77. The number of alkyl halides is 1. The second kappa shape index (κ2) is 5.58. The van der Waals surface area contributed by atoms with E-state index in [4.69, 9.17) is 16.3 Å². The summed E-state index contributed by atoms with van der Waals surface area (Å²) in [5, 5.41) is 0.513. The molecule has 0 radical (unpaired) electrons. The number of hydrogen-bond donors (Lipinski definition) is 0. The van der Waals surface area contributed by atoms with Crippen molar-refractivity contribution in [2.75, 3.05) is 4.43 Å². The molecular weight excluding hydrogens is 440 g/mol. The molecule has 3 rings (SSSR count). The van der Waals surface area contributed by atoms with Crippen LogP contribution in [0.4, 0.5) is 0 Å². The van der Waals surface area contributed by atoms with Gasteiger partial charge in [0, 0.05) is 25.9 Å². The maximum absolute atomic E-state index is 6.02. The van der Waals surface area contributed by atoms with Crippen LogP contribution in [0.5, 0.6) is 11.5 Å². The molecule has 0 saturated heterocycles. The third-order valence-electron chi connectivity index (χ3n) is 3.20. The van der Waals surface area contributed by atoms with E-state index in [1.807, 2.05) is 18.2 Å². The van der Waals surface area contributed by atoms with E-state index in [1.54, 1.807) is 6.20 Å². The zero-order valence-corrected chi connectivity index (χ0v) is 14.4. The molecule has 0 bridgehead atoms. The van der Waals surface area contributed by atoms with Crippen molar-refractivity contribution in [3.8, 4) is 11.5 Å². The van der Waals surface area contributed by atoms with Gasteiger partial charge in [-0.25, -0.2) is 4.98 Å². The highest BCUT2D eigenvalue weighted by atomic mass is 127. The highest BCUT2D eigenvalue weighted by Crippen LogP contribution is 2.46. The van der Waals surface area contributed by atoms with Gasteiger partial charge in [0.25, 0.3) is 0 Å². The molecule has 0 saturated carbocycles. The summed E-state index contributed by atoms with van der Waals surface area (Å²) in [4.78, 5) is 4.11. The Morgan fingerprint density at radius 3 is 2.84 bits per heavy atom. The Balaban J connectivity index is 2.16. The van der Waals surface area contributed by atoms with Gasteiger partial charge in [-0.15, -0.1) is 0 Å². The Labute approximate surface area is 138 Å². The van der Waals surface area contributed by atoms with Crippen molar-refractivity contribution >= 4 is 50.1 Å². The Morgan fingerprint density at radius 1 is 1.26 bits per heavy atom. The third kappa shape index (κ3) is 2.62. The molecule has 1 aromatic heterocycles. The van der Waals surface area contributed by atoms with Crippen molar-refractivity contribution in [2.45, 2.75) is 12.3 Å². The third-order valence-corrected chi connectivity index (χ3v) is 4.53. The van der Waals surface area contributed by atoms with Crippen LogP contribution in [0.1, 0.15) is 23.5 Å². The Bertz CT molecular complexity index is 583. The molecule has 2 heterocycles. The van der Waals surface area contributed by atoms with Crippen molar-refractivity contribution in [1.29, 1.82) is 0 Å². The van der Waals surface area contributed by atoms with E-state index in [0.717, 1.165) is 32.4 Å². The van der Waals surface area contributed by atoms with Crippen LogP contribution < -0.4 is 4.74 Å². The number of aromatic nitrogens is 1. The summed E-state index contributed by atoms with van der Waals surface area (Å²) in [6, 6.07) is 8.03. The standard InChI is InChI=1S/C14H10BrClINO/c15-8-1-2-12-10(5-8)9(3-4-17)11-6-14(16)18-7-13(11)19-12/h1-2,5-7,9H,3-4H2/t9-/m1/s1. The first kappa shape index (κ1) is 13.6. The van der Waals surface area contributed by atoms with E-state index in [9.17, 15) is 0 Å². The molecule has 19 heavy (non-hydrogen) atoms. The van der Waals surface area contributed by atoms with Gasteiger partial charge in [-0.2, -0.15) is 0 Å². The molecule has 5 heteroatoms. The lowest BCUT2D eigenvalue weighted by Gasteiger charge is -2.27. The lowest BCUT2D eigenvalue weighted by Crippen LogP contribution is -2.11. The van der Waals surface area contributed by atoms with Crippen LogP contribution in [0.15, 0.2) is 34.9 Å². The molecule has 2 nitrogen and oxygen atoms in total. The fourth-order valence-electron chi connectivity index (χ4n) is 2.38. The fourth-order valence-corrected chi connectivity index (χ4v) is 3.55. The van der Waals surface area contributed by atoms with Crippen molar-refractivity contribution in [2.24, 2.45) is 0 Å². The topological polar surface area (TPSA) is 22.1 Å². The monoisotopic (exact) mass is 449 g/mol. The minimum Gasteiger partial charge on any atom is -0.455 e. The molecule has 1 atom stereocenters. The highest BCUT2D eigenvalue weighted by molar-refractivity contribution is 14.1. The number of benzene rings is 1. The fraction of sp³-hybridized carbons (Fsp3) is 0.214. The normalized spacial score (nSPS) is 16.5. The van der Waals surface area contributed by atoms with Crippen LogP contribution in [0.25, 0.3) is 0 Å². The van der Waals surface area contributed by atoms with Gasteiger partial charge in [0.05, 0.1) is 6.20 Å². The number of halogens is 3. The molecule has 0 aliphatic carbocycles. The molecule has 0 amide bonds. The summed E-state index contributed by atoms with van der Waals surface area (Å²) in [7, 11) is 0. The van der Waals surface area contributed by atoms with Gasteiger partial charge in [-0.1, -0.05) is 50.1 Å². The maximum Gasteiger partial charge on any atom is 0.149 e. The second-order valence-electron chi connectivity index (χ2n) is 4.36. The summed E-state index contributed by atoms with van der Waals surface area (Å²) < 4.78 is 8.06. The first-order valence-corrected chi connectivity index (χ1v) is 8.57. The predicted molar refractivity (Wildman–Crippen MR) is 88.8 cm³/mol. The maximum atomic E-state index is 6.02. The molecule has 2 aromatic rings. The molecule has 1 aromatic carbocycles. The van der Waals surface area contributed by atoms with Gasteiger partial charge in [-0.05, 0) is 30.7 Å². The van der Waals surface area contributed by atoms with Gasteiger partial charge in [-0.3, -0.25) is 0 Å². The van der Waals surface area contributed by atoms with Crippen LogP contribution in [0.3, 0.4) is 0 Å². The first-order chi connectivity index (χ1) is 9.19. The molecular formula is C14H10BrClINO. The zero-order valence-electron chi connectivity index (χ0n) is 9.87. The van der Waals surface area contributed by atoms with Crippen molar-refractivity contribution < 1.29 is 4.74 Å². The number of nitrogens with zero attached hydrogens (tertiary/aromatic N) is 1. The van der Waals surface area contributed by atoms with Crippen molar-refractivity contribution in [3.05, 3.63) is 51.2 Å². The van der Waals surface area contributed by atoms with Gasteiger partial charge < -0.3 is 4.74 Å². The number of rotatable bonds is 2. The average molecular weight is 451 g/mol. The summed E-state index contributed by atoms with van der Waals surface area (Å²) >= 11 is 12.0. The molecule has 0 fully saturated rings. The quantitative estimate of drug-likeness (QED) is 0.340. The smallest absolute Gasteiger partial charge is 0.149 e. The van der Waals surface area contributed by atoms with Gasteiger partial charge in [0.2, 0.25) is 0 Å². The van der Waals surface area contributed by atoms with Crippen LogP contribution in [0, 0.1) is 0 Å². The van der Waals surface area contributed by atoms with Crippen LogP contribution in [-0.4, -0.2) is 9.41 Å². The van der Waals surface area contributed by atoms with Crippen LogP contribution >= 0.6 is 50.1 Å². The number of pyridine rings is 1. The molecule has 0 N–H and O–H groups in total. The minimum atomic E-state index is 0.314. The van der Waals surface area contributed by atoms with Crippen molar-refractivity contribution in [1.82, 2.24) is 4.98 Å². The highest BCUT2D eigenvalue weighted by Gasteiger charge is 2.27. The Hall–Kier alpha value is -0.330. The van der Waals surface area contributed by atoms with E-state index in [2.05, 4.69) is 49.6 Å². The summed E-state index contributed by atoms with van der Waals surface area (Å²) in [5.41, 5.74) is 2.34. The van der Waals surface area contributed by atoms with Crippen LogP contribution in [-0.2, 0) is 0 Å². The number of fused-ring (bicyclic) bond motifs is 2. The second-order valence-corrected chi connectivity index (χ2v) is 6.74. The minimum absolute atomic E-state index is 0.314. The zero-order chi connectivity index (χ0) is 13.4. The van der Waals surface area contributed by atoms with Gasteiger partial charge in [0.1, 0.15) is 16.7 Å². The van der Waals surface area contributed by atoms with E-state index >= 15 is 0 Å². The SMILES string of the molecule is Clc1cc2c(cn1)Oc1ccc(Br)cc1[C@H]2CCI. The van der Waals surface area contributed by atoms with Crippen LogP contribution in [0.2, 0.25) is 5.15 Å². The van der Waals surface area contributed by atoms with E-state index in [1.165, 1.54) is 5.56 Å². The molecule has 0 unspecified atom stereocenters. The predicted octanol–water partition coefficient (Wildman–Crippen LogP) is 5.56. The number of hydrogen-bond acceptors (Lipinski definition) is 2. The van der Waals surface area contributed by atoms with Gasteiger partial charge >= 0.3 is 0 Å². The van der Waals surface area contributed by atoms with Crippen molar-refractivity contribution in [3.63, 3.8) is 0 Å². The lowest BCUT2D eigenvalue weighted by molar-refractivity contribution is 0.441. The van der Waals surface area contributed by atoms with E-state index in [-0.39, 0.29) is 0 Å². The number of ether oxygens (including phenoxy) is 1. The molecule has 0 spiro atoms. The Morgan fingerprint density at radius 2 is 2.05 bits per heavy atom. The van der Waals surface area contributed by atoms with E-state index < -0.39 is 0 Å². The lowest BCUT2D eigenvalue weighted by atomic mass is 9.87.